The maximum Gasteiger partial charge on any atom is 0.244 e. The van der Waals surface area contributed by atoms with Crippen LogP contribution in [0.3, 0.4) is 0 Å². The SMILES string of the molecule is Cc1ccc(C(C)NS(=O)(=O)c2cn[nH]c2)c(C)c1. The van der Waals surface area contributed by atoms with E-state index in [1.807, 2.05) is 39.0 Å². The number of nitrogens with zero attached hydrogens (tertiary/aromatic N) is 1. The summed E-state index contributed by atoms with van der Waals surface area (Å²) in [6.07, 6.45) is 2.65. The number of hydrogen-bond acceptors (Lipinski definition) is 3. The van der Waals surface area contributed by atoms with Crippen LogP contribution in [0.2, 0.25) is 0 Å². The number of hydrogen-bond donors (Lipinski definition) is 2. The van der Waals surface area contributed by atoms with Crippen LogP contribution in [-0.4, -0.2) is 18.6 Å². The van der Waals surface area contributed by atoms with Gasteiger partial charge < -0.3 is 0 Å². The van der Waals surface area contributed by atoms with E-state index in [2.05, 4.69) is 14.9 Å². The summed E-state index contributed by atoms with van der Waals surface area (Å²) in [5.41, 5.74) is 3.20. The summed E-state index contributed by atoms with van der Waals surface area (Å²) in [7, 11) is -3.53. The first kappa shape index (κ1) is 13.8. The van der Waals surface area contributed by atoms with Crippen molar-refractivity contribution in [3.63, 3.8) is 0 Å². The molecule has 1 aromatic heterocycles. The first-order valence-electron chi connectivity index (χ1n) is 5.98. The van der Waals surface area contributed by atoms with Crippen LogP contribution in [0.25, 0.3) is 0 Å². The van der Waals surface area contributed by atoms with Crippen LogP contribution in [0.5, 0.6) is 0 Å². The number of aromatic amines is 1. The molecule has 102 valence electrons. The Kier molecular flexibility index (Phi) is 3.73. The van der Waals surface area contributed by atoms with Crippen molar-refractivity contribution in [2.75, 3.05) is 0 Å². The van der Waals surface area contributed by atoms with Crippen LogP contribution in [0.1, 0.15) is 29.7 Å². The molecular weight excluding hydrogens is 262 g/mol. The van der Waals surface area contributed by atoms with Crippen molar-refractivity contribution in [3.05, 3.63) is 47.3 Å². The van der Waals surface area contributed by atoms with Crippen molar-refractivity contribution in [2.45, 2.75) is 31.7 Å². The number of aromatic nitrogens is 2. The molecule has 2 rings (SSSR count). The van der Waals surface area contributed by atoms with Gasteiger partial charge in [0.1, 0.15) is 4.90 Å². The minimum atomic E-state index is -3.53. The third-order valence-electron chi connectivity index (χ3n) is 3.01. The van der Waals surface area contributed by atoms with Crippen molar-refractivity contribution in [1.29, 1.82) is 0 Å². The Morgan fingerprint density at radius 2 is 2.05 bits per heavy atom. The van der Waals surface area contributed by atoms with Crippen LogP contribution in [0, 0.1) is 13.8 Å². The molecular formula is C13H17N3O2S. The predicted octanol–water partition coefficient (Wildman–Crippen LogP) is 2.07. The normalized spacial score (nSPS) is 13.4. The molecule has 0 saturated heterocycles. The summed E-state index contributed by atoms with van der Waals surface area (Å²) >= 11 is 0. The minimum Gasteiger partial charge on any atom is -0.284 e. The molecule has 0 spiro atoms. The number of sulfonamides is 1. The van der Waals surface area contributed by atoms with Crippen molar-refractivity contribution in [3.8, 4) is 0 Å². The molecule has 2 aromatic rings. The molecule has 2 N–H and O–H groups in total. The summed E-state index contributed by atoms with van der Waals surface area (Å²) < 4.78 is 26.8. The van der Waals surface area contributed by atoms with Gasteiger partial charge in [-0.2, -0.15) is 5.10 Å². The average molecular weight is 279 g/mol. The lowest BCUT2D eigenvalue weighted by Crippen LogP contribution is -2.27. The number of aryl methyl sites for hydroxylation is 2. The summed E-state index contributed by atoms with van der Waals surface area (Å²) in [5, 5.41) is 6.15. The monoisotopic (exact) mass is 279 g/mol. The second kappa shape index (κ2) is 5.14. The quantitative estimate of drug-likeness (QED) is 0.899. The molecule has 0 amide bonds. The first-order chi connectivity index (χ1) is 8.90. The van der Waals surface area contributed by atoms with E-state index < -0.39 is 10.0 Å². The smallest absolute Gasteiger partial charge is 0.244 e. The summed E-state index contributed by atoms with van der Waals surface area (Å²) in [6, 6.07) is 5.68. The largest absolute Gasteiger partial charge is 0.284 e. The van der Waals surface area contributed by atoms with Gasteiger partial charge in [0.15, 0.2) is 0 Å². The van der Waals surface area contributed by atoms with E-state index in [1.54, 1.807) is 0 Å². The Hall–Kier alpha value is -1.66. The predicted molar refractivity (Wildman–Crippen MR) is 73.2 cm³/mol. The highest BCUT2D eigenvalue weighted by Gasteiger charge is 2.20. The third-order valence-corrected chi connectivity index (χ3v) is 4.51. The van der Waals surface area contributed by atoms with E-state index in [0.717, 1.165) is 16.7 Å². The number of benzene rings is 1. The van der Waals surface area contributed by atoms with Gasteiger partial charge in [-0.25, -0.2) is 13.1 Å². The van der Waals surface area contributed by atoms with Gasteiger partial charge in [-0.1, -0.05) is 23.8 Å². The second-order valence-electron chi connectivity index (χ2n) is 4.64. The van der Waals surface area contributed by atoms with Crippen molar-refractivity contribution < 1.29 is 8.42 Å². The lowest BCUT2D eigenvalue weighted by atomic mass is 10.0. The summed E-state index contributed by atoms with van der Waals surface area (Å²) in [6.45, 7) is 5.82. The third kappa shape index (κ3) is 3.02. The zero-order valence-electron chi connectivity index (χ0n) is 11.1. The van der Waals surface area contributed by atoms with Crippen LogP contribution in [-0.2, 0) is 10.0 Å². The van der Waals surface area contributed by atoms with Gasteiger partial charge in [0.2, 0.25) is 10.0 Å². The molecule has 1 atom stereocenters. The maximum absolute atomic E-state index is 12.1. The van der Waals surface area contributed by atoms with Crippen LogP contribution < -0.4 is 4.72 Å². The molecule has 0 fully saturated rings. The highest BCUT2D eigenvalue weighted by molar-refractivity contribution is 7.89. The molecule has 1 heterocycles. The van der Waals surface area contributed by atoms with Crippen molar-refractivity contribution in [1.82, 2.24) is 14.9 Å². The Labute approximate surface area is 113 Å². The molecule has 0 saturated carbocycles. The van der Waals surface area contributed by atoms with Crippen LogP contribution in [0.15, 0.2) is 35.5 Å². The van der Waals surface area contributed by atoms with E-state index in [0.29, 0.717) is 0 Å². The fraction of sp³-hybridized carbons (Fsp3) is 0.308. The van der Waals surface area contributed by atoms with Gasteiger partial charge in [-0.15, -0.1) is 0 Å². The average Bonchev–Trinajstić information content (AvgIpc) is 2.81. The number of rotatable bonds is 4. The number of nitrogens with one attached hydrogen (secondary N) is 2. The molecule has 0 aliphatic rings. The minimum absolute atomic E-state index is 0.143. The molecule has 6 heteroatoms. The molecule has 0 radical (unpaired) electrons. The van der Waals surface area contributed by atoms with Gasteiger partial charge in [0, 0.05) is 12.2 Å². The van der Waals surface area contributed by atoms with E-state index in [9.17, 15) is 8.42 Å². The van der Waals surface area contributed by atoms with Gasteiger partial charge in [0.05, 0.1) is 6.20 Å². The molecule has 5 nitrogen and oxygen atoms in total. The molecule has 0 aliphatic heterocycles. The molecule has 0 aliphatic carbocycles. The van der Waals surface area contributed by atoms with E-state index >= 15 is 0 Å². The zero-order valence-corrected chi connectivity index (χ0v) is 12.0. The number of H-pyrrole nitrogens is 1. The van der Waals surface area contributed by atoms with Gasteiger partial charge in [0.25, 0.3) is 0 Å². The topological polar surface area (TPSA) is 74.8 Å². The summed E-state index contributed by atoms with van der Waals surface area (Å²) in [4.78, 5) is 0.143. The Bertz CT molecular complexity index is 663. The van der Waals surface area contributed by atoms with Crippen molar-refractivity contribution >= 4 is 10.0 Å². The zero-order chi connectivity index (χ0) is 14.0. The second-order valence-corrected chi connectivity index (χ2v) is 6.35. The lowest BCUT2D eigenvalue weighted by molar-refractivity contribution is 0.566. The highest BCUT2D eigenvalue weighted by atomic mass is 32.2. The van der Waals surface area contributed by atoms with Gasteiger partial charge in [-0.3, -0.25) is 5.10 Å². The fourth-order valence-corrected chi connectivity index (χ4v) is 3.19. The van der Waals surface area contributed by atoms with Gasteiger partial charge in [-0.05, 0) is 31.9 Å². The lowest BCUT2D eigenvalue weighted by Gasteiger charge is -2.16. The van der Waals surface area contributed by atoms with E-state index in [4.69, 9.17) is 0 Å². The fourth-order valence-electron chi connectivity index (χ4n) is 2.06. The van der Waals surface area contributed by atoms with E-state index in [-0.39, 0.29) is 10.9 Å². The van der Waals surface area contributed by atoms with Crippen LogP contribution in [0.4, 0.5) is 0 Å². The standard InChI is InChI=1S/C13H17N3O2S/c1-9-4-5-13(10(2)6-9)11(3)16-19(17,18)12-7-14-15-8-12/h4-8,11,16H,1-3H3,(H,14,15). The maximum atomic E-state index is 12.1. The van der Waals surface area contributed by atoms with Crippen LogP contribution >= 0.6 is 0 Å². The molecule has 0 bridgehead atoms. The van der Waals surface area contributed by atoms with E-state index in [1.165, 1.54) is 12.4 Å². The summed E-state index contributed by atoms with van der Waals surface area (Å²) in [5.74, 6) is 0. The molecule has 19 heavy (non-hydrogen) atoms. The Morgan fingerprint density at radius 3 is 2.63 bits per heavy atom. The first-order valence-corrected chi connectivity index (χ1v) is 7.47. The molecule has 1 aromatic carbocycles. The van der Waals surface area contributed by atoms with Gasteiger partial charge >= 0.3 is 0 Å². The van der Waals surface area contributed by atoms with Crippen molar-refractivity contribution in [2.24, 2.45) is 0 Å². The molecule has 1 unspecified atom stereocenters. The highest BCUT2D eigenvalue weighted by Crippen LogP contribution is 2.20. The Balaban J connectivity index is 2.24. The Morgan fingerprint density at radius 1 is 1.32 bits per heavy atom.